The van der Waals surface area contributed by atoms with Crippen LogP contribution >= 0.6 is 0 Å². The summed E-state index contributed by atoms with van der Waals surface area (Å²) in [5.41, 5.74) is 0.104. The number of piperidine rings is 1. The van der Waals surface area contributed by atoms with E-state index in [9.17, 15) is 4.79 Å². The lowest BCUT2D eigenvalue weighted by molar-refractivity contribution is -0.138. The molecule has 27 heavy (non-hydrogen) atoms. The van der Waals surface area contributed by atoms with Crippen LogP contribution in [0.1, 0.15) is 67.3 Å². The fourth-order valence-corrected chi connectivity index (χ4v) is 2.87. The third-order valence-electron chi connectivity index (χ3n) is 5.23. The van der Waals surface area contributed by atoms with Gasteiger partial charge in [-0.3, -0.25) is 9.48 Å². The Balaban J connectivity index is 0.000000321. The van der Waals surface area contributed by atoms with Crippen molar-refractivity contribution in [3.63, 3.8) is 0 Å². The lowest BCUT2D eigenvalue weighted by atomic mass is 9.82. The molecule has 0 atom stereocenters. The van der Waals surface area contributed by atoms with E-state index in [0.29, 0.717) is 12.5 Å². The normalized spacial score (nSPS) is 22.1. The second kappa shape index (κ2) is 8.33. The van der Waals surface area contributed by atoms with Crippen LogP contribution in [0.4, 0.5) is 0 Å². The molecule has 7 nitrogen and oxygen atoms in total. The minimum Gasteiger partial charge on any atom is -0.462 e. The van der Waals surface area contributed by atoms with Gasteiger partial charge in [0.2, 0.25) is 0 Å². The minimum absolute atomic E-state index is 0.297. The summed E-state index contributed by atoms with van der Waals surface area (Å²) in [5.74, 6) is 0. The Morgan fingerprint density at radius 3 is 2.22 bits per heavy atom. The fraction of sp³-hybridized carbons (Fsp3) is 0.789. The zero-order valence-electron chi connectivity index (χ0n) is 17.7. The molecule has 2 aliphatic heterocycles. The summed E-state index contributed by atoms with van der Waals surface area (Å²) in [6, 6.07) is 0.493. The van der Waals surface area contributed by atoms with E-state index in [-0.39, 0.29) is 23.9 Å². The van der Waals surface area contributed by atoms with Gasteiger partial charge in [0.1, 0.15) is 5.60 Å². The highest BCUT2D eigenvalue weighted by Crippen LogP contribution is 2.36. The number of hydrogen-bond acceptors (Lipinski definition) is 6. The van der Waals surface area contributed by atoms with Gasteiger partial charge in [0, 0.05) is 17.9 Å². The molecule has 0 aromatic carbocycles. The smallest absolute Gasteiger partial charge is 0.462 e. The van der Waals surface area contributed by atoms with Gasteiger partial charge in [-0.2, -0.15) is 5.10 Å². The van der Waals surface area contributed by atoms with Crippen molar-refractivity contribution in [1.82, 2.24) is 15.1 Å². The van der Waals surface area contributed by atoms with Crippen LogP contribution in [0.25, 0.3) is 0 Å². The molecule has 1 aromatic rings. The molecule has 2 fully saturated rings. The van der Waals surface area contributed by atoms with Crippen LogP contribution in [0.3, 0.4) is 0 Å². The molecule has 0 spiro atoms. The molecule has 0 amide bonds. The van der Waals surface area contributed by atoms with Gasteiger partial charge in [-0.05, 0) is 74.4 Å². The van der Waals surface area contributed by atoms with Gasteiger partial charge in [-0.1, -0.05) is 0 Å². The van der Waals surface area contributed by atoms with Gasteiger partial charge in [0.15, 0.2) is 0 Å². The van der Waals surface area contributed by atoms with Crippen LogP contribution in [0.5, 0.6) is 0 Å². The third kappa shape index (κ3) is 5.80. The van der Waals surface area contributed by atoms with E-state index in [0.717, 1.165) is 31.4 Å². The van der Waals surface area contributed by atoms with Gasteiger partial charge in [0.25, 0.3) is 6.47 Å². The largest absolute Gasteiger partial charge is 0.498 e. The van der Waals surface area contributed by atoms with Crippen LogP contribution in [0.15, 0.2) is 12.4 Å². The Morgan fingerprint density at radius 1 is 1.22 bits per heavy atom. The van der Waals surface area contributed by atoms with Crippen molar-refractivity contribution in [3.05, 3.63) is 12.4 Å². The van der Waals surface area contributed by atoms with Crippen LogP contribution in [0, 0.1) is 0 Å². The molecule has 152 valence electrons. The fourth-order valence-electron chi connectivity index (χ4n) is 2.87. The summed E-state index contributed by atoms with van der Waals surface area (Å²) in [6.07, 6.45) is 6.22. The molecule has 0 aliphatic carbocycles. The third-order valence-corrected chi connectivity index (χ3v) is 5.23. The number of rotatable bonds is 3. The Bertz CT molecular complexity index is 603. The van der Waals surface area contributed by atoms with Gasteiger partial charge in [-0.15, -0.1) is 0 Å². The minimum atomic E-state index is -0.318. The van der Waals surface area contributed by atoms with Crippen LogP contribution in [-0.4, -0.2) is 53.3 Å². The second-order valence-electron chi connectivity index (χ2n) is 9.15. The first-order valence-electron chi connectivity index (χ1n) is 9.67. The number of nitrogens with zero attached hydrogens (tertiary/aromatic N) is 2. The first-order chi connectivity index (χ1) is 12.5. The summed E-state index contributed by atoms with van der Waals surface area (Å²) in [7, 11) is -0.310. The molecule has 3 heterocycles. The van der Waals surface area contributed by atoms with E-state index in [2.05, 4.69) is 53.7 Å². The topological polar surface area (TPSA) is 74.6 Å². The monoisotopic (exact) mass is 379 g/mol. The molecule has 1 aromatic heterocycles. The van der Waals surface area contributed by atoms with Crippen molar-refractivity contribution in [1.29, 1.82) is 0 Å². The molecule has 0 radical (unpaired) electrons. The molecular formula is C19H34BN3O4. The first-order valence-corrected chi connectivity index (χ1v) is 9.67. The molecule has 2 aliphatic rings. The van der Waals surface area contributed by atoms with E-state index >= 15 is 0 Å². The van der Waals surface area contributed by atoms with E-state index in [4.69, 9.17) is 9.31 Å². The summed E-state index contributed by atoms with van der Waals surface area (Å²) in [6.45, 7) is 16.3. The number of nitrogens with one attached hydrogen (secondary N) is 1. The van der Waals surface area contributed by atoms with Crippen molar-refractivity contribution in [2.75, 3.05) is 13.1 Å². The van der Waals surface area contributed by atoms with Crippen LogP contribution in [-0.2, 0) is 18.8 Å². The number of aromatic nitrogens is 2. The first kappa shape index (κ1) is 21.9. The van der Waals surface area contributed by atoms with Crippen molar-refractivity contribution >= 4 is 19.1 Å². The predicted molar refractivity (Wildman–Crippen MR) is 106 cm³/mol. The number of hydrogen-bond donors (Lipinski definition) is 1. The number of carbonyl (C=O) groups is 1. The Kier molecular flexibility index (Phi) is 6.76. The van der Waals surface area contributed by atoms with Gasteiger partial charge < -0.3 is 19.4 Å². The van der Waals surface area contributed by atoms with Gasteiger partial charge >= 0.3 is 7.12 Å². The van der Waals surface area contributed by atoms with Crippen LogP contribution < -0.4 is 10.8 Å². The Labute approximate surface area is 163 Å². The van der Waals surface area contributed by atoms with Crippen molar-refractivity contribution in [2.24, 2.45) is 0 Å². The average molecular weight is 379 g/mol. The van der Waals surface area contributed by atoms with E-state index in [1.807, 2.05) is 27.0 Å². The highest BCUT2D eigenvalue weighted by molar-refractivity contribution is 6.62. The number of ether oxygens (including phenoxy) is 1. The predicted octanol–water partition coefficient (Wildman–Crippen LogP) is 2.06. The maximum Gasteiger partial charge on any atom is 0.498 e. The number of carbonyl (C=O) groups excluding carboxylic acids is 1. The quantitative estimate of drug-likeness (QED) is 0.640. The summed E-state index contributed by atoms with van der Waals surface area (Å²) >= 11 is 0. The van der Waals surface area contributed by atoms with E-state index < -0.39 is 0 Å². The molecule has 0 saturated carbocycles. The zero-order valence-corrected chi connectivity index (χ0v) is 17.7. The highest BCUT2D eigenvalue weighted by Gasteiger charge is 2.52. The van der Waals surface area contributed by atoms with Gasteiger partial charge in [0.05, 0.1) is 17.2 Å². The summed E-state index contributed by atoms with van der Waals surface area (Å²) < 4.78 is 18.7. The zero-order chi connectivity index (χ0) is 20.3. The Hall–Kier alpha value is -1.38. The summed E-state index contributed by atoms with van der Waals surface area (Å²) in [4.78, 5) is 9.60. The molecule has 1 N–H and O–H groups in total. The highest BCUT2D eigenvalue weighted by atomic mass is 16.7. The summed E-state index contributed by atoms with van der Waals surface area (Å²) in [5, 5.41) is 7.89. The van der Waals surface area contributed by atoms with E-state index in [1.54, 1.807) is 0 Å². The van der Waals surface area contributed by atoms with E-state index in [1.165, 1.54) is 0 Å². The van der Waals surface area contributed by atoms with Crippen molar-refractivity contribution in [3.8, 4) is 0 Å². The molecule has 2 saturated heterocycles. The molecule has 0 bridgehead atoms. The molecule has 3 rings (SSSR count). The molecule has 0 unspecified atom stereocenters. The molecular weight excluding hydrogens is 345 g/mol. The SMILES string of the molecule is CC(C)(C)OC=O.CC1(C)OB(c2cnn(C3CCNCC3)c2)OC1(C)C. The lowest BCUT2D eigenvalue weighted by Crippen LogP contribution is -2.41. The van der Waals surface area contributed by atoms with Crippen LogP contribution in [0.2, 0.25) is 0 Å². The average Bonchev–Trinajstić information content (AvgIpc) is 3.11. The molecule has 8 heteroatoms. The van der Waals surface area contributed by atoms with Crippen molar-refractivity contribution < 1.29 is 18.8 Å². The second-order valence-corrected chi connectivity index (χ2v) is 9.15. The Morgan fingerprint density at radius 2 is 1.78 bits per heavy atom. The lowest BCUT2D eigenvalue weighted by Gasteiger charge is -2.32. The maximum atomic E-state index is 9.60. The standard InChI is InChI=1S/C14H24BN3O2.C5H10O2/c1-13(2)14(3,4)20-15(19-13)11-9-17-18(10-11)12-5-7-16-8-6-12;1-5(2,3)7-4-6/h9-10,12,16H,5-8H2,1-4H3;4H,1-3H3. The maximum absolute atomic E-state index is 9.60. The van der Waals surface area contributed by atoms with Gasteiger partial charge in [-0.25, -0.2) is 0 Å². The van der Waals surface area contributed by atoms with Crippen molar-refractivity contribution in [2.45, 2.75) is 84.2 Å².